The first-order valence-electron chi connectivity index (χ1n) is 19.0. The van der Waals surface area contributed by atoms with Gasteiger partial charge in [0.15, 0.2) is 0 Å². The van der Waals surface area contributed by atoms with Crippen molar-refractivity contribution in [2.45, 2.75) is 18.9 Å². The fourth-order valence-electron chi connectivity index (χ4n) is 5.28. The van der Waals surface area contributed by atoms with Crippen LogP contribution in [0.15, 0.2) is 18.2 Å². The Morgan fingerprint density at radius 3 is 1.34 bits per heavy atom. The molecule has 318 valence electrons. The van der Waals surface area contributed by atoms with Crippen molar-refractivity contribution in [3.63, 3.8) is 0 Å². The largest absolute Gasteiger partial charge is 0.382 e. The average Bonchev–Trinajstić information content (AvgIpc) is 3.45. The van der Waals surface area contributed by atoms with E-state index in [0.29, 0.717) is 158 Å². The van der Waals surface area contributed by atoms with Gasteiger partial charge in [0.2, 0.25) is 11.8 Å². The van der Waals surface area contributed by atoms with Crippen LogP contribution in [0.4, 0.5) is 5.69 Å². The van der Waals surface area contributed by atoms with Crippen LogP contribution in [0.2, 0.25) is 0 Å². The summed E-state index contributed by atoms with van der Waals surface area (Å²) in [5.41, 5.74) is 0.906. The van der Waals surface area contributed by atoms with Gasteiger partial charge in [-0.3, -0.25) is 29.4 Å². The van der Waals surface area contributed by atoms with Gasteiger partial charge in [0.05, 0.1) is 156 Å². The second-order valence-electron chi connectivity index (χ2n) is 12.0. The molecule has 1 atom stereocenters. The molecule has 1 saturated heterocycles. The minimum atomic E-state index is -1.01. The van der Waals surface area contributed by atoms with E-state index >= 15 is 0 Å². The number of rotatable bonds is 37. The zero-order valence-electron chi connectivity index (χ0n) is 32.1. The quantitative estimate of drug-likeness (QED) is 0.0547. The first-order valence-corrected chi connectivity index (χ1v) is 20.2. The van der Waals surface area contributed by atoms with E-state index in [1.54, 1.807) is 18.2 Å². The second kappa shape index (κ2) is 31.3. The summed E-state index contributed by atoms with van der Waals surface area (Å²) in [4.78, 5) is 50.9. The minimum absolute atomic E-state index is 0.0654. The molecule has 19 heteroatoms. The highest BCUT2D eigenvalue weighted by molar-refractivity contribution is 9.09. The molecule has 0 radical (unpaired) electrons. The van der Waals surface area contributed by atoms with E-state index in [1.807, 2.05) is 0 Å². The Kier molecular flexibility index (Phi) is 26.7. The van der Waals surface area contributed by atoms with E-state index in [1.165, 1.54) is 0 Å². The van der Waals surface area contributed by atoms with Crippen LogP contribution in [0, 0.1) is 0 Å². The topological polar surface area (TPSA) is 197 Å². The molecule has 0 spiro atoms. The summed E-state index contributed by atoms with van der Waals surface area (Å²) < 4.78 is 60.1. The summed E-state index contributed by atoms with van der Waals surface area (Å²) in [6.45, 7) is 11.0. The van der Waals surface area contributed by atoms with Crippen LogP contribution >= 0.6 is 15.9 Å². The van der Waals surface area contributed by atoms with Crippen molar-refractivity contribution < 1.29 is 71.3 Å². The lowest BCUT2D eigenvalue weighted by atomic mass is 10.0. The summed E-state index contributed by atoms with van der Waals surface area (Å²) in [5, 5.41) is 6.16. The molecule has 18 nitrogen and oxygen atoms in total. The van der Waals surface area contributed by atoms with Gasteiger partial charge in [-0.15, -0.1) is 0 Å². The Morgan fingerprint density at radius 2 is 0.946 bits per heavy atom. The molecular formula is C37H58BrN3O15. The zero-order chi connectivity index (χ0) is 39.9. The van der Waals surface area contributed by atoms with Gasteiger partial charge in [0, 0.05) is 24.0 Å². The van der Waals surface area contributed by atoms with Crippen LogP contribution in [0.5, 0.6) is 0 Å². The number of imide groups is 2. The number of carbonyl (C=O) groups is 4. The number of amides is 4. The lowest BCUT2D eigenvalue weighted by molar-refractivity contribution is -0.136. The first-order chi connectivity index (χ1) is 27.5. The number of hydrogen-bond acceptors (Lipinski definition) is 16. The maximum atomic E-state index is 13.2. The fourth-order valence-corrected chi connectivity index (χ4v) is 5.50. The third kappa shape index (κ3) is 19.7. The molecule has 1 fully saturated rings. The molecule has 1 unspecified atom stereocenters. The predicted octanol–water partition coefficient (Wildman–Crippen LogP) is 1.08. The molecule has 0 aromatic heterocycles. The number of nitrogens with one attached hydrogen (secondary N) is 2. The smallest absolute Gasteiger partial charge is 0.264 e. The molecule has 2 N–H and O–H groups in total. The number of anilines is 1. The third-order valence-corrected chi connectivity index (χ3v) is 8.30. The van der Waals surface area contributed by atoms with Crippen molar-refractivity contribution >= 4 is 45.2 Å². The van der Waals surface area contributed by atoms with Gasteiger partial charge in [-0.1, -0.05) is 22.0 Å². The Balaban J connectivity index is 1.00. The summed E-state index contributed by atoms with van der Waals surface area (Å²) in [5.74, 6) is -2.17. The van der Waals surface area contributed by atoms with Crippen molar-refractivity contribution in [3.05, 3.63) is 29.3 Å². The lowest BCUT2D eigenvalue weighted by Gasteiger charge is -2.27. The molecule has 3 rings (SSSR count). The highest BCUT2D eigenvalue weighted by Crippen LogP contribution is 2.32. The van der Waals surface area contributed by atoms with Crippen LogP contribution in [0.3, 0.4) is 0 Å². The summed E-state index contributed by atoms with van der Waals surface area (Å²) in [6, 6.07) is 3.90. The minimum Gasteiger partial charge on any atom is -0.382 e. The van der Waals surface area contributed by atoms with Crippen LogP contribution in [0.1, 0.15) is 33.6 Å². The van der Waals surface area contributed by atoms with E-state index in [9.17, 15) is 19.2 Å². The number of piperidine rings is 1. The van der Waals surface area contributed by atoms with Gasteiger partial charge in [-0.05, 0) is 18.6 Å². The Labute approximate surface area is 336 Å². The normalized spacial score (nSPS) is 15.5. The van der Waals surface area contributed by atoms with E-state index < -0.39 is 29.7 Å². The van der Waals surface area contributed by atoms with Gasteiger partial charge >= 0.3 is 0 Å². The molecule has 2 aliphatic heterocycles. The van der Waals surface area contributed by atoms with Gasteiger partial charge in [-0.25, -0.2) is 0 Å². The number of fused-ring (bicyclic) bond motifs is 1. The second-order valence-corrected chi connectivity index (χ2v) is 12.8. The van der Waals surface area contributed by atoms with Crippen LogP contribution in [-0.2, 0) is 61.7 Å². The molecule has 0 aliphatic carbocycles. The molecule has 0 saturated carbocycles. The standard InChI is InChI=1S/C37H58BrN3O15/c38-6-8-46-10-12-48-14-16-50-18-20-52-22-24-54-26-28-56-29-27-55-25-23-53-21-19-51-17-15-49-13-11-47-9-7-39-31-3-1-2-30-34(31)37(45)41(36(30)44)32-4-5-33(42)40-35(32)43/h1-3,32,39H,4-29H2,(H,40,42,43). The van der Waals surface area contributed by atoms with Crippen LogP contribution in [-0.4, -0.2) is 192 Å². The van der Waals surface area contributed by atoms with E-state index in [-0.39, 0.29) is 24.0 Å². The maximum Gasteiger partial charge on any atom is 0.264 e. The number of nitrogens with zero attached hydrogens (tertiary/aromatic N) is 1. The van der Waals surface area contributed by atoms with Crippen LogP contribution in [0.25, 0.3) is 0 Å². The number of halogens is 1. The fraction of sp³-hybridized carbons (Fsp3) is 0.730. The van der Waals surface area contributed by atoms with Crippen molar-refractivity contribution in [2.24, 2.45) is 0 Å². The first kappa shape index (κ1) is 47.7. The maximum absolute atomic E-state index is 13.2. The van der Waals surface area contributed by atoms with Crippen molar-refractivity contribution in [1.29, 1.82) is 0 Å². The van der Waals surface area contributed by atoms with Gasteiger partial charge in [0.1, 0.15) is 6.04 Å². The molecule has 4 amide bonds. The number of ether oxygens (including phenoxy) is 11. The Bertz CT molecular complexity index is 1260. The van der Waals surface area contributed by atoms with E-state index in [0.717, 1.165) is 10.2 Å². The van der Waals surface area contributed by atoms with Gasteiger partial charge in [-0.2, -0.15) is 0 Å². The third-order valence-electron chi connectivity index (χ3n) is 7.97. The molecule has 2 heterocycles. The molecule has 1 aromatic carbocycles. The van der Waals surface area contributed by atoms with Crippen molar-refractivity contribution in [3.8, 4) is 0 Å². The van der Waals surface area contributed by atoms with E-state index in [4.69, 9.17) is 52.1 Å². The highest BCUT2D eigenvalue weighted by Gasteiger charge is 2.45. The number of alkyl halides is 1. The van der Waals surface area contributed by atoms with Gasteiger partial charge < -0.3 is 57.4 Å². The Hall–Kier alpha value is -2.66. The lowest BCUT2D eigenvalue weighted by Crippen LogP contribution is -2.54. The molecule has 2 aliphatic rings. The predicted molar refractivity (Wildman–Crippen MR) is 204 cm³/mol. The van der Waals surface area contributed by atoms with Gasteiger partial charge in [0.25, 0.3) is 11.8 Å². The number of carbonyl (C=O) groups excluding carboxylic acids is 4. The van der Waals surface area contributed by atoms with Crippen molar-refractivity contribution in [1.82, 2.24) is 10.2 Å². The Morgan fingerprint density at radius 1 is 0.554 bits per heavy atom. The van der Waals surface area contributed by atoms with E-state index in [2.05, 4.69) is 26.6 Å². The summed E-state index contributed by atoms with van der Waals surface area (Å²) in [6.07, 6.45) is 0.169. The van der Waals surface area contributed by atoms with Crippen molar-refractivity contribution in [2.75, 3.05) is 163 Å². The SMILES string of the molecule is O=C1CCC(N2C(=O)c3cccc(NCCOCCOCCOCCOCCOCCOCCOCCOCCOCCOCCOCCBr)c3C2=O)C(=O)N1. The summed E-state index contributed by atoms with van der Waals surface area (Å²) in [7, 11) is 0. The summed E-state index contributed by atoms with van der Waals surface area (Å²) >= 11 is 3.30. The molecular weight excluding hydrogens is 806 g/mol. The zero-order valence-corrected chi connectivity index (χ0v) is 33.7. The highest BCUT2D eigenvalue weighted by atomic mass is 79.9. The molecule has 0 bridgehead atoms. The van der Waals surface area contributed by atoms with Crippen LogP contribution < -0.4 is 10.6 Å². The number of hydrogen-bond donors (Lipinski definition) is 2. The molecule has 56 heavy (non-hydrogen) atoms. The number of benzene rings is 1. The molecule has 1 aromatic rings. The monoisotopic (exact) mass is 863 g/mol. The average molecular weight is 865 g/mol.